The van der Waals surface area contributed by atoms with Gasteiger partial charge in [0.1, 0.15) is 17.8 Å². The van der Waals surface area contributed by atoms with Crippen LogP contribution in [0.2, 0.25) is 0 Å². The van der Waals surface area contributed by atoms with Gasteiger partial charge in [-0.2, -0.15) is 0 Å². The summed E-state index contributed by atoms with van der Waals surface area (Å²) in [4.78, 5) is 14.1. The van der Waals surface area contributed by atoms with E-state index >= 15 is 0 Å². The maximum absolute atomic E-state index is 12.2. The first-order chi connectivity index (χ1) is 11.7. The van der Waals surface area contributed by atoms with Crippen LogP contribution in [0.25, 0.3) is 0 Å². The molecule has 1 fully saturated rings. The molecular weight excluding hydrogens is 310 g/mol. The van der Waals surface area contributed by atoms with Crippen molar-refractivity contribution in [3.63, 3.8) is 0 Å². The van der Waals surface area contributed by atoms with Crippen molar-refractivity contribution in [2.75, 3.05) is 32.6 Å². The second kappa shape index (κ2) is 7.25. The monoisotopic (exact) mass is 331 g/mol. The van der Waals surface area contributed by atoms with E-state index in [1.54, 1.807) is 20.3 Å². The van der Waals surface area contributed by atoms with Gasteiger partial charge in [0, 0.05) is 49.1 Å². The average molecular weight is 331 g/mol. The van der Waals surface area contributed by atoms with Crippen molar-refractivity contribution in [1.82, 2.24) is 10.1 Å². The van der Waals surface area contributed by atoms with E-state index < -0.39 is 0 Å². The van der Waals surface area contributed by atoms with E-state index in [0.717, 1.165) is 30.0 Å². The normalized spacial score (nSPS) is 15.2. The van der Waals surface area contributed by atoms with E-state index in [-0.39, 0.29) is 5.91 Å². The second-order valence-electron chi connectivity index (χ2n) is 5.70. The highest BCUT2D eigenvalue weighted by Gasteiger charge is 2.25. The van der Waals surface area contributed by atoms with Crippen LogP contribution in [-0.2, 0) is 0 Å². The lowest BCUT2D eigenvalue weighted by Crippen LogP contribution is -2.42. The van der Waals surface area contributed by atoms with E-state index in [2.05, 4.69) is 10.5 Å². The number of carbonyl (C=O) groups excluding carboxylic acids is 1. The van der Waals surface area contributed by atoms with Crippen LogP contribution in [0.15, 0.2) is 35.1 Å². The molecule has 7 heteroatoms. The fourth-order valence-electron chi connectivity index (χ4n) is 2.84. The predicted molar refractivity (Wildman–Crippen MR) is 88.6 cm³/mol. The molecule has 1 aromatic heterocycles. The molecule has 0 atom stereocenters. The summed E-state index contributed by atoms with van der Waals surface area (Å²) in [6.07, 6.45) is 3.14. The van der Waals surface area contributed by atoms with Crippen LogP contribution < -0.4 is 14.8 Å². The molecule has 0 bridgehead atoms. The molecule has 2 heterocycles. The predicted octanol–water partition coefficient (Wildman–Crippen LogP) is 2.41. The summed E-state index contributed by atoms with van der Waals surface area (Å²) in [6, 6.07) is 7.60. The summed E-state index contributed by atoms with van der Waals surface area (Å²) in [5, 5.41) is 7.20. The molecule has 1 aromatic carbocycles. The number of nitrogens with one attached hydrogen (secondary N) is 1. The maximum Gasteiger partial charge on any atom is 0.276 e. The Bertz CT molecular complexity index is 657. The van der Waals surface area contributed by atoms with Crippen molar-refractivity contribution in [3.05, 3.63) is 36.2 Å². The molecule has 24 heavy (non-hydrogen) atoms. The number of likely N-dealkylation sites (tertiary alicyclic amines) is 1. The summed E-state index contributed by atoms with van der Waals surface area (Å²) in [5.74, 6) is 1.41. The third-order valence-corrected chi connectivity index (χ3v) is 4.16. The number of piperidine rings is 1. The lowest BCUT2D eigenvalue weighted by atomic mass is 10.0. The number of hydrogen-bond donors (Lipinski definition) is 1. The van der Waals surface area contributed by atoms with Gasteiger partial charge in [-0.15, -0.1) is 0 Å². The van der Waals surface area contributed by atoms with Gasteiger partial charge in [0.25, 0.3) is 5.91 Å². The number of ether oxygens (including phenoxy) is 2. The summed E-state index contributed by atoms with van der Waals surface area (Å²) >= 11 is 0. The lowest BCUT2D eigenvalue weighted by molar-refractivity contribution is 0.0708. The Balaban J connectivity index is 1.58. The molecule has 1 aliphatic heterocycles. The van der Waals surface area contributed by atoms with Gasteiger partial charge in [-0.1, -0.05) is 5.16 Å². The number of methoxy groups -OCH3 is 2. The number of nitrogens with zero attached hydrogens (tertiary/aromatic N) is 2. The Morgan fingerprint density at radius 2 is 1.88 bits per heavy atom. The largest absolute Gasteiger partial charge is 0.497 e. The zero-order valence-corrected chi connectivity index (χ0v) is 13.8. The first-order valence-corrected chi connectivity index (χ1v) is 7.89. The van der Waals surface area contributed by atoms with Gasteiger partial charge in [-0.3, -0.25) is 4.79 Å². The number of aromatic nitrogens is 1. The van der Waals surface area contributed by atoms with E-state index in [4.69, 9.17) is 14.0 Å². The minimum Gasteiger partial charge on any atom is -0.497 e. The Morgan fingerprint density at radius 3 is 2.42 bits per heavy atom. The van der Waals surface area contributed by atoms with Gasteiger partial charge in [0.2, 0.25) is 0 Å². The van der Waals surface area contributed by atoms with Gasteiger partial charge in [-0.05, 0) is 12.8 Å². The topological polar surface area (TPSA) is 76.8 Å². The summed E-state index contributed by atoms with van der Waals surface area (Å²) in [6.45, 7) is 1.37. The van der Waals surface area contributed by atoms with Crippen molar-refractivity contribution in [3.8, 4) is 11.5 Å². The molecule has 7 nitrogen and oxygen atoms in total. The average Bonchev–Trinajstić information content (AvgIpc) is 3.16. The number of amides is 1. The second-order valence-corrected chi connectivity index (χ2v) is 5.70. The van der Waals surface area contributed by atoms with Crippen LogP contribution in [0.1, 0.15) is 23.3 Å². The SMILES string of the molecule is COc1cc(NC2CCN(C(=O)c3ccon3)CC2)cc(OC)c1. The summed E-state index contributed by atoms with van der Waals surface area (Å²) in [5.41, 5.74) is 1.31. The number of anilines is 1. The van der Waals surface area contributed by atoms with Gasteiger partial charge in [-0.25, -0.2) is 0 Å². The minimum absolute atomic E-state index is 0.0785. The Hall–Kier alpha value is -2.70. The Kier molecular flexibility index (Phi) is 4.88. The van der Waals surface area contributed by atoms with Crippen molar-refractivity contribution < 1.29 is 18.8 Å². The highest BCUT2D eigenvalue weighted by atomic mass is 16.5. The molecule has 1 amide bonds. The molecule has 1 N–H and O–H groups in total. The molecule has 2 aromatic rings. The minimum atomic E-state index is -0.0785. The molecule has 0 spiro atoms. The molecular formula is C17H21N3O4. The Morgan fingerprint density at radius 1 is 1.21 bits per heavy atom. The van der Waals surface area contributed by atoms with Crippen LogP contribution >= 0.6 is 0 Å². The van der Waals surface area contributed by atoms with Crippen molar-refractivity contribution in [1.29, 1.82) is 0 Å². The van der Waals surface area contributed by atoms with Crippen molar-refractivity contribution >= 4 is 11.6 Å². The zero-order chi connectivity index (χ0) is 16.9. The number of benzene rings is 1. The fraction of sp³-hybridized carbons (Fsp3) is 0.412. The van der Waals surface area contributed by atoms with Crippen LogP contribution in [0.4, 0.5) is 5.69 Å². The van der Waals surface area contributed by atoms with E-state index in [0.29, 0.717) is 24.8 Å². The fourth-order valence-corrected chi connectivity index (χ4v) is 2.84. The lowest BCUT2D eigenvalue weighted by Gasteiger charge is -2.32. The Labute approximate surface area is 140 Å². The molecule has 0 radical (unpaired) electrons. The molecule has 128 valence electrons. The third-order valence-electron chi connectivity index (χ3n) is 4.16. The highest BCUT2D eigenvalue weighted by Crippen LogP contribution is 2.27. The smallest absolute Gasteiger partial charge is 0.276 e. The van der Waals surface area contributed by atoms with Gasteiger partial charge in [0.15, 0.2) is 5.69 Å². The summed E-state index contributed by atoms with van der Waals surface area (Å²) < 4.78 is 15.3. The molecule has 0 saturated carbocycles. The highest BCUT2D eigenvalue weighted by molar-refractivity contribution is 5.92. The van der Waals surface area contributed by atoms with Crippen molar-refractivity contribution in [2.24, 2.45) is 0 Å². The molecule has 1 saturated heterocycles. The van der Waals surface area contributed by atoms with E-state index in [1.165, 1.54) is 6.26 Å². The molecule has 0 unspecified atom stereocenters. The number of carbonyl (C=O) groups is 1. The van der Waals surface area contributed by atoms with Gasteiger partial charge >= 0.3 is 0 Å². The maximum atomic E-state index is 12.2. The van der Waals surface area contributed by atoms with E-state index in [9.17, 15) is 4.79 Å². The third kappa shape index (κ3) is 3.61. The van der Waals surface area contributed by atoms with Crippen LogP contribution in [0.5, 0.6) is 11.5 Å². The number of rotatable bonds is 5. The van der Waals surface area contributed by atoms with Crippen LogP contribution in [0.3, 0.4) is 0 Å². The van der Waals surface area contributed by atoms with Gasteiger partial charge in [0.05, 0.1) is 14.2 Å². The summed E-state index contributed by atoms with van der Waals surface area (Å²) in [7, 11) is 3.26. The quantitative estimate of drug-likeness (QED) is 0.907. The van der Waals surface area contributed by atoms with Gasteiger partial charge < -0.3 is 24.2 Å². The first-order valence-electron chi connectivity index (χ1n) is 7.89. The molecule has 1 aliphatic rings. The molecule has 3 rings (SSSR count). The zero-order valence-electron chi connectivity index (χ0n) is 13.8. The standard InChI is InChI=1S/C17H21N3O4/c1-22-14-9-13(10-15(11-14)23-2)18-12-3-6-20(7-4-12)17(21)16-5-8-24-19-16/h5,8-12,18H,3-4,6-7H2,1-2H3. The number of hydrogen-bond acceptors (Lipinski definition) is 6. The molecule has 0 aliphatic carbocycles. The first kappa shape index (κ1) is 16.2. The van der Waals surface area contributed by atoms with Crippen LogP contribution in [0, 0.1) is 0 Å². The van der Waals surface area contributed by atoms with Crippen LogP contribution in [-0.4, -0.2) is 49.3 Å². The van der Waals surface area contributed by atoms with E-state index in [1.807, 2.05) is 23.1 Å². The van der Waals surface area contributed by atoms with Crippen molar-refractivity contribution in [2.45, 2.75) is 18.9 Å².